The molecule has 0 aliphatic heterocycles. The van der Waals surface area contributed by atoms with Gasteiger partial charge in [0.05, 0.1) is 5.56 Å². The second-order valence-corrected chi connectivity index (χ2v) is 5.98. The highest BCUT2D eigenvalue weighted by molar-refractivity contribution is 5.45. The predicted molar refractivity (Wildman–Crippen MR) is 77.4 cm³/mol. The summed E-state index contributed by atoms with van der Waals surface area (Å²) in [4.78, 5) is 2.30. The van der Waals surface area contributed by atoms with E-state index >= 15 is 0 Å². The van der Waals surface area contributed by atoms with Gasteiger partial charge in [-0.15, -0.1) is 0 Å². The molecule has 0 heterocycles. The van der Waals surface area contributed by atoms with E-state index in [4.69, 9.17) is 0 Å². The van der Waals surface area contributed by atoms with Crippen LogP contribution in [0, 0.1) is 5.92 Å². The average molecular weight is 263 g/mol. The molecule has 3 nitrogen and oxygen atoms in total. The number of phenolic OH excluding ortho intramolecular Hbond substituents is 2. The molecule has 0 bridgehead atoms. The smallest absolute Gasteiger partial charge is 0.124 e. The van der Waals surface area contributed by atoms with Gasteiger partial charge in [-0.2, -0.15) is 0 Å². The van der Waals surface area contributed by atoms with Crippen LogP contribution in [0.5, 0.6) is 11.5 Å². The first-order chi connectivity index (χ1) is 9.00. The maximum absolute atomic E-state index is 9.97. The molecule has 106 valence electrons. The van der Waals surface area contributed by atoms with Crippen molar-refractivity contribution >= 4 is 0 Å². The summed E-state index contributed by atoms with van der Waals surface area (Å²) in [7, 11) is 2.10. The van der Waals surface area contributed by atoms with Gasteiger partial charge < -0.3 is 10.2 Å². The first kappa shape index (κ1) is 14.2. The number of hydrogen-bond donors (Lipinski definition) is 2. The molecule has 3 heteroatoms. The van der Waals surface area contributed by atoms with Crippen molar-refractivity contribution in [2.24, 2.45) is 5.92 Å². The third kappa shape index (κ3) is 3.03. The van der Waals surface area contributed by atoms with Crippen molar-refractivity contribution in [2.45, 2.75) is 51.6 Å². The first-order valence-corrected chi connectivity index (χ1v) is 7.23. The number of rotatable bonds is 3. The van der Waals surface area contributed by atoms with E-state index in [0.717, 1.165) is 5.92 Å². The van der Waals surface area contributed by atoms with E-state index in [-0.39, 0.29) is 17.5 Å². The third-order valence-electron chi connectivity index (χ3n) is 4.57. The molecule has 0 aromatic heterocycles. The number of benzene rings is 1. The monoisotopic (exact) mass is 263 g/mol. The molecular formula is C16H25NO2. The van der Waals surface area contributed by atoms with E-state index in [1.807, 2.05) is 6.92 Å². The van der Waals surface area contributed by atoms with E-state index in [9.17, 15) is 10.2 Å². The Labute approximate surface area is 115 Å². The Morgan fingerprint density at radius 2 is 1.84 bits per heavy atom. The minimum absolute atomic E-state index is 0.0245. The van der Waals surface area contributed by atoms with Crippen LogP contribution in [0.3, 0.4) is 0 Å². The number of phenols is 2. The normalized spacial score (nSPS) is 25.5. The van der Waals surface area contributed by atoms with E-state index < -0.39 is 0 Å². The average Bonchev–Trinajstić information content (AvgIpc) is 2.37. The van der Waals surface area contributed by atoms with Crippen LogP contribution in [-0.4, -0.2) is 28.2 Å². The molecule has 3 atom stereocenters. The topological polar surface area (TPSA) is 43.7 Å². The van der Waals surface area contributed by atoms with Crippen LogP contribution in [0.1, 0.15) is 51.1 Å². The number of nitrogens with zero attached hydrogens (tertiary/aromatic N) is 1. The molecule has 0 saturated heterocycles. The van der Waals surface area contributed by atoms with Gasteiger partial charge in [0.15, 0.2) is 0 Å². The molecule has 1 aliphatic rings. The van der Waals surface area contributed by atoms with Crippen LogP contribution in [0.25, 0.3) is 0 Å². The summed E-state index contributed by atoms with van der Waals surface area (Å²) in [6.45, 7) is 4.36. The molecule has 1 aromatic carbocycles. The summed E-state index contributed by atoms with van der Waals surface area (Å²) in [5.41, 5.74) is 0.642. The van der Waals surface area contributed by atoms with Crippen molar-refractivity contribution in [1.82, 2.24) is 4.90 Å². The first-order valence-electron chi connectivity index (χ1n) is 7.23. The van der Waals surface area contributed by atoms with Gasteiger partial charge in [-0.1, -0.05) is 25.8 Å². The molecule has 1 fully saturated rings. The zero-order valence-corrected chi connectivity index (χ0v) is 12.1. The summed E-state index contributed by atoms with van der Waals surface area (Å²) in [6, 6.07) is 5.52. The minimum atomic E-state index is 0.0245. The molecule has 0 amide bonds. The summed E-state index contributed by atoms with van der Waals surface area (Å²) in [5, 5.41) is 19.9. The Morgan fingerprint density at radius 3 is 2.42 bits per heavy atom. The molecule has 0 spiro atoms. The highest BCUT2D eigenvalue weighted by atomic mass is 16.3. The molecule has 19 heavy (non-hydrogen) atoms. The van der Waals surface area contributed by atoms with Crippen LogP contribution < -0.4 is 0 Å². The van der Waals surface area contributed by atoms with Crippen LogP contribution in [0.4, 0.5) is 0 Å². The van der Waals surface area contributed by atoms with Gasteiger partial charge in [0.25, 0.3) is 0 Å². The number of aromatic hydroxyl groups is 2. The van der Waals surface area contributed by atoms with E-state index in [1.54, 1.807) is 18.2 Å². The van der Waals surface area contributed by atoms with Crippen molar-refractivity contribution in [3.8, 4) is 11.5 Å². The summed E-state index contributed by atoms with van der Waals surface area (Å²) >= 11 is 0. The fourth-order valence-electron chi connectivity index (χ4n) is 3.26. The Morgan fingerprint density at radius 1 is 1.21 bits per heavy atom. The second kappa shape index (κ2) is 5.83. The maximum atomic E-state index is 9.97. The number of hydrogen-bond acceptors (Lipinski definition) is 3. The van der Waals surface area contributed by atoms with Crippen molar-refractivity contribution in [2.75, 3.05) is 7.05 Å². The lowest BCUT2D eigenvalue weighted by Crippen LogP contribution is -2.37. The van der Waals surface area contributed by atoms with Crippen molar-refractivity contribution in [1.29, 1.82) is 0 Å². The Bertz CT molecular complexity index is 413. The largest absolute Gasteiger partial charge is 0.507 e. The highest BCUT2D eigenvalue weighted by Gasteiger charge is 2.28. The van der Waals surface area contributed by atoms with Gasteiger partial charge in [-0.3, -0.25) is 4.90 Å². The Kier molecular flexibility index (Phi) is 4.35. The van der Waals surface area contributed by atoms with Gasteiger partial charge in [-0.05, 0) is 44.9 Å². The van der Waals surface area contributed by atoms with E-state index in [2.05, 4.69) is 18.9 Å². The van der Waals surface area contributed by atoms with Crippen LogP contribution >= 0.6 is 0 Å². The van der Waals surface area contributed by atoms with Crippen molar-refractivity contribution < 1.29 is 10.2 Å². The Hall–Kier alpha value is -1.22. The zero-order chi connectivity index (χ0) is 14.0. The van der Waals surface area contributed by atoms with E-state index in [1.165, 1.54) is 25.7 Å². The van der Waals surface area contributed by atoms with Crippen LogP contribution in [-0.2, 0) is 0 Å². The van der Waals surface area contributed by atoms with Crippen molar-refractivity contribution in [3.05, 3.63) is 23.8 Å². The second-order valence-electron chi connectivity index (χ2n) is 5.98. The third-order valence-corrected chi connectivity index (χ3v) is 4.57. The summed E-state index contributed by atoms with van der Waals surface area (Å²) < 4.78 is 0. The van der Waals surface area contributed by atoms with Crippen molar-refractivity contribution in [3.63, 3.8) is 0 Å². The van der Waals surface area contributed by atoms with Crippen LogP contribution in [0.15, 0.2) is 18.2 Å². The lowest BCUT2D eigenvalue weighted by atomic mass is 9.85. The fraction of sp³-hybridized carbons (Fsp3) is 0.625. The fourth-order valence-corrected chi connectivity index (χ4v) is 3.26. The van der Waals surface area contributed by atoms with Gasteiger partial charge in [0.2, 0.25) is 0 Å². The van der Waals surface area contributed by atoms with Crippen LogP contribution in [0.2, 0.25) is 0 Å². The molecule has 2 N–H and O–H groups in total. The highest BCUT2D eigenvalue weighted by Crippen LogP contribution is 2.38. The standard InChI is InChI=1S/C16H25NO2/c1-11-6-4-7-13(10-11)17(3)12(2)16-14(18)8-5-9-15(16)19/h5,8-9,11-13,18-19H,4,6-7,10H2,1-3H3. The molecule has 1 aromatic rings. The summed E-state index contributed by atoms with van der Waals surface area (Å²) in [5.74, 6) is 1.14. The molecule has 3 unspecified atom stereocenters. The van der Waals surface area contributed by atoms with Gasteiger partial charge in [0, 0.05) is 12.1 Å². The minimum Gasteiger partial charge on any atom is -0.507 e. The maximum Gasteiger partial charge on any atom is 0.124 e. The molecule has 2 rings (SSSR count). The molecule has 1 aliphatic carbocycles. The lowest BCUT2D eigenvalue weighted by Gasteiger charge is -2.38. The zero-order valence-electron chi connectivity index (χ0n) is 12.1. The molecular weight excluding hydrogens is 238 g/mol. The van der Waals surface area contributed by atoms with Gasteiger partial charge >= 0.3 is 0 Å². The SMILES string of the molecule is CC1CCCC(N(C)C(C)c2c(O)cccc2O)C1. The predicted octanol–water partition coefficient (Wildman–Crippen LogP) is 3.67. The molecule has 0 radical (unpaired) electrons. The molecule has 1 saturated carbocycles. The van der Waals surface area contributed by atoms with Gasteiger partial charge in [-0.25, -0.2) is 0 Å². The quantitative estimate of drug-likeness (QED) is 0.874. The Balaban J connectivity index is 2.16. The lowest BCUT2D eigenvalue weighted by molar-refractivity contribution is 0.123. The summed E-state index contributed by atoms with van der Waals surface area (Å²) in [6.07, 6.45) is 5.00. The van der Waals surface area contributed by atoms with Gasteiger partial charge in [0.1, 0.15) is 11.5 Å². The van der Waals surface area contributed by atoms with E-state index in [0.29, 0.717) is 11.6 Å².